The zero-order chi connectivity index (χ0) is 8.55. The summed E-state index contributed by atoms with van der Waals surface area (Å²) < 4.78 is 13.1. The normalized spacial score (nSPS) is 15.2. The third-order valence-electron chi connectivity index (χ3n) is 2.32. The van der Waals surface area contributed by atoms with Crippen molar-refractivity contribution in [3.63, 3.8) is 0 Å². The number of nitrogens with one attached hydrogen (secondary N) is 1. The highest BCUT2D eigenvalue weighted by molar-refractivity contribution is 5.54. The van der Waals surface area contributed by atoms with Crippen molar-refractivity contribution in [1.82, 2.24) is 0 Å². The van der Waals surface area contributed by atoms with Crippen LogP contribution in [0.5, 0.6) is 0 Å². The van der Waals surface area contributed by atoms with Gasteiger partial charge >= 0.3 is 0 Å². The number of anilines is 1. The summed E-state index contributed by atoms with van der Waals surface area (Å²) in [5.74, 6) is -0.108. The van der Waals surface area contributed by atoms with Gasteiger partial charge in [0.05, 0.1) is 0 Å². The lowest BCUT2D eigenvalue weighted by Gasteiger charge is -2.18. The van der Waals surface area contributed by atoms with E-state index in [0.717, 1.165) is 30.6 Å². The van der Waals surface area contributed by atoms with Crippen molar-refractivity contribution in [3.8, 4) is 0 Å². The molecule has 1 aliphatic heterocycles. The third-order valence-corrected chi connectivity index (χ3v) is 2.32. The van der Waals surface area contributed by atoms with Gasteiger partial charge < -0.3 is 5.32 Å². The van der Waals surface area contributed by atoms with Crippen LogP contribution in [0.2, 0.25) is 0 Å². The first kappa shape index (κ1) is 7.59. The lowest BCUT2D eigenvalue weighted by Crippen LogP contribution is -2.12. The number of fused-ring (bicyclic) bond motifs is 1. The van der Waals surface area contributed by atoms with E-state index < -0.39 is 0 Å². The molecule has 0 saturated heterocycles. The lowest BCUT2D eigenvalue weighted by atomic mass is 10.0. The molecule has 1 aliphatic rings. The summed E-state index contributed by atoms with van der Waals surface area (Å²) in [7, 11) is 0. The number of benzene rings is 1. The van der Waals surface area contributed by atoms with E-state index in [-0.39, 0.29) is 5.82 Å². The van der Waals surface area contributed by atoms with Crippen molar-refractivity contribution in [2.45, 2.75) is 19.8 Å². The molecule has 0 radical (unpaired) electrons. The van der Waals surface area contributed by atoms with Crippen LogP contribution in [0.15, 0.2) is 12.1 Å². The van der Waals surface area contributed by atoms with Gasteiger partial charge in [0.2, 0.25) is 0 Å². The van der Waals surface area contributed by atoms with E-state index in [4.69, 9.17) is 0 Å². The van der Waals surface area contributed by atoms with Gasteiger partial charge in [-0.15, -0.1) is 0 Å². The van der Waals surface area contributed by atoms with Crippen molar-refractivity contribution in [2.75, 3.05) is 11.9 Å². The average Bonchev–Trinajstić information content (AvgIpc) is 2.07. The minimum absolute atomic E-state index is 0.108. The molecule has 0 atom stereocenters. The zero-order valence-electron chi connectivity index (χ0n) is 7.15. The molecule has 1 aromatic rings. The Morgan fingerprint density at radius 1 is 1.42 bits per heavy atom. The molecule has 0 unspecified atom stereocenters. The van der Waals surface area contributed by atoms with Crippen LogP contribution in [0.4, 0.5) is 10.1 Å². The molecule has 0 saturated carbocycles. The summed E-state index contributed by atoms with van der Waals surface area (Å²) in [4.78, 5) is 0. The molecule has 64 valence electrons. The Hall–Kier alpha value is -1.05. The molecule has 1 nitrogen and oxygen atoms in total. The van der Waals surface area contributed by atoms with Crippen LogP contribution in [-0.2, 0) is 6.42 Å². The Kier molecular flexibility index (Phi) is 1.75. The second-order valence-corrected chi connectivity index (χ2v) is 3.29. The minimum Gasteiger partial charge on any atom is -0.385 e. The van der Waals surface area contributed by atoms with Gasteiger partial charge in [0.25, 0.3) is 0 Å². The largest absolute Gasteiger partial charge is 0.385 e. The topological polar surface area (TPSA) is 12.0 Å². The minimum atomic E-state index is -0.108. The maximum atomic E-state index is 13.1. The van der Waals surface area contributed by atoms with Crippen molar-refractivity contribution < 1.29 is 4.39 Å². The number of hydrogen-bond acceptors (Lipinski definition) is 1. The molecule has 0 fully saturated rings. The van der Waals surface area contributed by atoms with E-state index in [0.29, 0.717) is 0 Å². The first-order valence-corrected chi connectivity index (χ1v) is 4.30. The predicted molar refractivity (Wildman–Crippen MR) is 47.9 cm³/mol. The van der Waals surface area contributed by atoms with Crippen molar-refractivity contribution in [2.24, 2.45) is 0 Å². The number of hydrogen-bond donors (Lipinski definition) is 1. The van der Waals surface area contributed by atoms with Gasteiger partial charge in [0, 0.05) is 12.2 Å². The highest BCUT2D eigenvalue weighted by Crippen LogP contribution is 2.24. The standard InChI is InChI=1S/C10H12FN/c1-7-5-8-3-2-4-12-10(8)6-9(7)11/h5-6,12H,2-4H2,1H3. The van der Waals surface area contributed by atoms with Crippen LogP contribution >= 0.6 is 0 Å². The van der Waals surface area contributed by atoms with E-state index in [9.17, 15) is 4.39 Å². The summed E-state index contributed by atoms with van der Waals surface area (Å²) in [6, 6.07) is 3.54. The van der Waals surface area contributed by atoms with E-state index in [1.54, 1.807) is 6.07 Å². The maximum absolute atomic E-state index is 13.1. The van der Waals surface area contributed by atoms with E-state index in [1.807, 2.05) is 13.0 Å². The number of aryl methyl sites for hydroxylation is 2. The van der Waals surface area contributed by atoms with E-state index in [1.165, 1.54) is 5.56 Å². The van der Waals surface area contributed by atoms with Crippen LogP contribution < -0.4 is 5.32 Å². The highest BCUT2D eigenvalue weighted by Gasteiger charge is 2.10. The van der Waals surface area contributed by atoms with Crippen molar-refractivity contribution in [1.29, 1.82) is 0 Å². The molecular weight excluding hydrogens is 153 g/mol. The molecule has 2 heteroatoms. The van der Waals surface area contributed by atoms with Gasteiger partial charge in [-0.05, 0) is 37.0 Å². The maximum Gasteiger partial charge on any atom is 0.128 e. The molecule has 1 heterocycles. The van der Waals surface area contributed by atoms with E-state index in [2.05, 4.69) is 5.32 Å². The van der Waals surface area contributed by atoms with Crippen LogP contribution in [-0.4, -0.2) is 6.54 Å². The molecule has 1 N–H and O–H groups in total. The van der Waals surface area contributed by atoms with Gasteiger partial charge in [0.1, 0.15) is 5.82 Å². The van der Waals surface area contributed by atoms with Gasteiger partial charge in [-0.25, -0.2) is 4.39 Å². The SMILES string of the molecule is Cc1cc2c(cc1F)NCCC2. The fraction of sp³-hybridized carbons (Fsp3) is 0.400. The summed E-state index contributed by atoms with van der Waals surface area (Å²) >= 11 is 0. The van der Waals surface area contributed by atoms with E-state index >= 15 is 0 Å². The second-order valence-electron chi connectivity index (χ2n) is 3.29. The van der Waals surface area contributed by atoms with Crippen LogP contribution in [0.1, 0.15) is 17.5 Å². The van der Waals surface area contributed by atoms with Crippen LogP contribution in [0.25, 0.3) is 0 Å². The molecule has 1 aromatic carbocycles. The lowest BCUT2D eigenvalue weighted by molar-refractivity contribution is 0.616. The Labute approximate surface area is 71.6 Å². The quantitative estimate of drug-likeness (QED) is 0.622. The highest BCUT2D eigenvalue weighted by atomic mass is 19.1. The molecule has 0 spiro atoms. The molecule has 0 aromatic heterocycles. The van der Waals surface area contributed by atoms with Crippen LogP contribution in [0, 0.1) is 12.7 Å². The van der Waals surface area contributed by atoms with Gasteiger partial charge in [-0.2, -0.15) is 0 Å². The van der Waals surface area contributed by atoms with Gasteiger partial charge in [-0.1, -0.05) is 6.07 Å². The second kappa shape index (κ2) is 2.77. The predicted octanol–water partition coefficient (Wildman–Crippen LogP) is 2.49. The van der Waals surface area contributed by atoms with Gasteiger partial charge in [-0.3, -0.25) is 0 Å². The first-order valence-electron chi connectivity index (χ1n) is 4.30. The third kappa shape index (κ3) is 1.17. The summed E-state index contributed by atoms with van der Waals surface area (Å²) in [6.07, 6.45) is 2.22. The fourth-order valence-corrected chi connectivity index (χ4v) is 1.61. The zero-order valence-corrected chi connectivity index (χ0v) is 7.15. The molecular formula is C10H12FN. The number of halogens is 1. The Morgan fingerprint density at radius 3 is 3.08 bits per heavy atom. The van der Waals surface area contributed by atoms with Crippen molar-refractivity contribution >= 4 is 5.69 Å². The van der Waals surface area contributed by atoms with Crippen molar-refractivity contribution in [3.05, 3.63) is 29.1 Å². The summed E-state index contributed by atoms with van der Waals surface area (Å²) in [5, 5.41) is 3.19. The Balaban J connectivity index is 2.49. The first-order chi connectivity index (χ1) is 5.77. The smallest absolute Gasteiger partial charge is 0.128 e. The summed E-state index contributed by atoms with van der Waals surface area (Å²) in [6.45, 7) is 2.78. The number of rotatable bonds is 0. The fourth-order valence-electron chi connectivity index (χ4n) is 1.61. The summed E-state index contributed by atoms with van der Waals surface area (Å²) in [5.41, 5.74) is 2.97. The molecule has 0 bridgehead atoms. The Bertz CT molecular complexity index is 276. The average molecular weight is 165 g/mol. The molecule has 0 aliphatic carbocycles. The molecule has 0 amide bonds. The Morgan fingerprint density at radius 2 is 2.25 bits per heavy atom. The van der Waals surface area contributed by atoms with Gasteiger partial charge in [0.15, 0.2) is 0 Å². The van der Waals surface area contributed by atoms with Crippen LogP contribution in [0.3, 0.4) is 0 Å². The molecule has 2 rings (SSSR count). The monoisotopic (exact) mass is 165 g/mol. The molecule has 12 heavy (non-hydrogen) atoms.